The van der Waals surface area contributed by atoms with Crippen LogP contribution in [0.1, 0.15) is 47.9 Å². The minimum Gasteiger partial charge on any atom is -0.344 e. The molecule has 23 heavy (non-hydrogen) atoms. The van der Waals surface area contributed by atoms with Crippen LogP contribution in [0.25, 0.3) is 0 Å². The zero-order chi connectivity index (χ0) is 15.4. The maximum absolute atomic E-state index is 12.3. The Hall–Kier alpha value is -1.99. The van der Waals surface area contributed by atoms with Gasteiger partial charge in [0.2, 0.25) is 0 Å². The van der Waals surface area contributed by atoms with E-state index in [0.29, 0.717) is 11.7 Å². The quantitative estimate of drug-likeness (QED) is 0.884. The molecule has 1 aliphatic heterocycles. The van der Waals surface area contributed by atoms with Gasteiger partial charge >= 0.3 is 0 Å². The van der Waals surface area contributed by atoms with E-state index in [1.165, 1.54) is 0 Å². The average Bonchev–Trinajstić information content (AvgIpc) is 3.06. The van der Waals surface area contributed by atoms with Gasteiger partial charge < -0.3 is 10.6 Å². The highest BCUT2D eigenvalue weighted by Gasteiger charge is 2.19. The molecule has 1 aliphatic rings. The number of rotatable bonds is 4. The first kappa shape index (κ1) is 17.4. The summed E-state index contributed by atoms with van der Waals surface area (Å²) in [5, 5.41) is 14.3. The van der Waals surface area contributed by atoms with Crippen molar-refractivity contribution in [2.45, 2.75) is 31.8 Å². The standard InChI is InChI=1S/C15H20N6O.ClH/c1-11(12-3-2-6-17-9-12)18-15(22)14-10-21(20-19-14)13-4-7-16-8-5-13;/h2-3,6,9-11,13,16H,4-5,7-8H2,1H3,(H,18,22);1H. The summed E-state index contributed by atoms with van der Waals surface area (Å²) in [4.78, 5) is 16.3. The zero-order valence-electron chi connectivity index (χ0n) is 13.0. The third-order valence-corrected chi connectivity index (χ3v) is 3.96. The Bertz CT molecular complexity index is 626. The molecule has 0 bridgehead atoms. The number of aromatic nitrogens is 4. The van der Waals surface area contributed by atoms with Crippen LogP contribution in [0.2, 0.25) is 0 Å². The maximum Gasteiger partial charge on any atom is 0.273 e. The Morgan fingerprint density at radius 1 is 1.43 bits per heavy atom. The number of carbonyl (C=O) groups is 1. The van der Waals surface area contributed by atoms with E-state index < -0.39 is 0 Å². The van der Waals surface area contributed by atoms with Crippen molar-refractivity contribution in [3.63, 3.8) is 0 Å². The molecule has 0 aromatic carbocycles. The molecular weight excluding hydrogens is 316 g/mol. The largest absolute Gasteiger partial charge is 0.344 e. The van der Waals surface area contributed by atoms with Crippen LogP contribution in [-0.2, 0) is 0 Å². The van der Waals surface area contributed by atoms with Crippen molar-refractivity contribution in [1.29, 1.82) is 0 Å². The molecule has 1 unspecified atom stereocenters. The fourth-order valence-corrected chi connectivity index (χ4v) is 2.62. The van der Waals surface area contributed by atoms with E-state index >= 15 is 0 Å². The molecule has 2 aromatic heterocycles. The molecule has 1 fully saturated rings. The van der Waals surface area contributed by atoms with Gasteiger partial charge in [0.1, 0.15) is 0 Å². The number of nitrogens with one attached hydrogen (secondary N) is 2. The summed E-state index contributed by atoms with van der Waals surface area (Å²) in [6.07, 6.45) is 7.22. The van der Waals surface area contributed by atoms with E-state index in [4.69, 9.17) is 0 Å². The predicted octanol–water partition coefficient (Wildman–Crippen LogP) is 1.51. The van der Waals surface area contributed by atoms with Gasteiger partial charge in [0.25, 0.3) is 5.91 Å². The molecule has 1 atom stereocenters. The second-order valence-corrected chi connectivity index (χ2v) is 5.55. The maximum atomic E-state index is 12.3. The van der Waals surface area contributed by atoms with Crippen molar-refractivity contribution in [1.82, 2.24) is 30.6 Å². The minimum atomic E-state index is -0.212. The summed E-state index contributed by atoms with van der Waals surface area (Å²) in [5.74, 6) is -0.212. The summed E-state index contributed by atoms with van der Waals surface area (Å²) in [6.45, 7) is 3.88. The Labute approximate surface area is 141 Å². The molecule has 8 heteroatoms. The summed E-state index contributed by atoms with van der Waals surface area (Å²) in [7, 11) is 0. The van der Waals surface area contributed by atoms with E-state index in [-0.39, 0.29) is 24.4 Å². The second-order valence-electron chi connectivity index (χ2n) is 5.55. The van der Waals surface area contributed by atoms with E-state index in [9.17, 15) is 4.79 Å². The third-order valence-electron chi connectivity index (χ3n) is 3.96. The number of piperidine rings is 1. The molecule has 2 N–H and O–H groups in total. The monoisotopic (exact) mass is 336 g/mol. The molecular formula is C15H21ClN6O. The van der Waals surface area contributed by atoms with Gasteiger partial charge in [-0.15, -0.1) is 17.5 Å². The van der Waals surface area contributed by atoms with Crippen molar-refractivity contribution < 1.29 is 4.79 Å². The average molecular weight is 337 g/mol. The van der Waals surface area contributed by atoms with Crippen LogP contribution < -0.4 is 10.6 Å². The first-order valence-corrected chi connectivity index (χ1v) is 7.57. The van der Waals surface area contributed by atoms with Crippen LogP contribution in [0, 0.1) is 0 Å². The van der Waals surface area contributed by atoms with Gasteiger partial charge in [-0.1, -0.05) is 11.3 Å². The first-order chi connectivity index (χ1) is 10.7. The van der Waals surface area contributed by atoms with Crippen molar-refractivity contribution in [2.24, 2.45) is 0 Å². The summed E-state index contributed by atoms with van der Waals surface area (Å²) < 4.78 is 1.81. The van der Waals surface area contributed by atoms with Gasteiger partial charge in [-0.2, -0.15) is 0 Å². The van der Waals surface area contributed by atoms with Crippen molar-refractivity contribution in [3.8, 4) is 0 Å². The Morgan fingerprint density at radius 2 is 2.22 bits per heavy atom. The van der Waals surface area contributed by atoms with Crippen LogP contribution in [0.5, 0.6) is 0 Å². The lowest BCUT2D eigenvalue weighted by Crippen LogP contribution is -2.29. The topological polar surface area (TPSA) is 84.7 Å². The molecule has 1 amide bonds. The molecule has 0 spiro atoms. The summed E-state index contributed by atoms with van der Waals surface area (Å²) >= 11 is 0. The van der Waals surface area contributed by atoms with Gasteiger partial charge in [0.15, 0.2) is 5.69 Å². The van der Waals surface area contributed by atoms with E-state index in [1.54, 1.807) is 18.6 Å². The predicted molar refractivity (Wildman–Crippen MR) is 88.5 cm³/mol. The lowest BCUT2D eigenvalue weighted by Gasteiger charge is -2.22. The minimum absolute atomic E-state index is 0. The molecule has 124 valence electrons. The van der Waals surface area contributed by atoms with Crippen LogP contribution in [0.3, 0.4) is 0 Å². The van der Waals surface area contributed by atoms with E-state index in [0.717, 1.165) is 31.5 Å². The van der Waals surface area contributed by atoms with E-state index in [1.807, 2.05) is 23.7 Å². The molecule has 0 saturated carbocycles. The highest BCUT2D eigenvalue weighted by molar-refractivity contribution is 5.92. The van der Waals surface area contributed by atoms with Crippen LogP contribution >= 0.6 is 12.4 Å². The Morgan fingerprint density at radius 3 is 2.91 bits per heavy atom. The Balaban J connectivity index is 0.00000192. The van der Waals surface area contributed by atoms with Crippen molar-refractivity contribution in [2.75, 3.05) is 13.1 Å². The normalized spacial score (nSPS) is 16.4. The van der Waals surface area contributed by atoms with Gasteiger partial charge in [0.05, 0.1) is 18.3 Å². The molecule has 3 heterocycles. The van der Waals surface area contributed by atoms with Gasteiger partial charge in [-0.25, -0.2) is 4.68 Å². The molecule has 0 aliphatic carbocycles. The third kappa shape index (κ3) is 4.27. The number of carbonyl (C=O) groups excluding carboxylic acids is 1. The number of hydrogen-bond donors (Lipinski definition) is 2. The molecule has 2 aromatic rings. The van der Waals surface area contributed by atoms with Gasteiger partial charge in [-0.05, 0) is 44.5 Å². The number of halogens is 1. The Kier molecular flexibility index (Phi) is 6.06. The number of pyridine rings is 1. The first-order valence-electron chi connectivity index (χ1n) is 7.57. The lowest BCUT2D eigenvalue weighted by molar-refractivity contribution is 0.0934. The van der Waals surface area contributed by atoms with Crippen molar-refractivity contribution in [3.05, 3.63) is 42.0 Å². The highest BCUT2D eigenvalue weighted by Crippen LogP contribution is 2.17. The number of amides is 1. The highest BCUT2D eigenvalue weighted by atomic mass is 35.5. The summed E-state index contributed by atoms with van der Waals surface area (Å²) in [5.41, 5.74) is 1.32. The molecule has 7 nitrogen and oxygen atoms in total. The summed E-state index contributed by atoms with van der Waals surface area (Å²) in [6, 6.07) is 3.99. The van der Waals surface area contributed by atoms with Crippen LogP contribution in [-0.4, -0.2) is 39.0 Å². The molecule has 1 saturated heterocycles. The second kappa shape index (κ2) is 8.03. The van der Waals surface area contributed by atoms with Gasteiger partial charge in [-0.3, -0.25) is 9.78 Å². The van der Waals surface area contributed by atoms with Crippen LogP contribution in [0.15, 0.2) is 30.7 Å². The zero-order valence-corrected chi connectivity index (χ0v) is 13.8. The fourth-order valence-electron chi connectivity index (χ4n) is 2.62. The number of hydrogen-bond acceptors (Lipinski definition) is 5. The number of nitrogens with zero attached hydrogens (tertiary/aromatic N) is 4. The molecule has 3 rings (SSSR count). The molecule has 0 radical (unpaired) electrons. The lowest BCUT2D eigenvalue weighted by atomic mass is 10.1. The van der Waals surface area contributed by atoms with E-state index in [2.05, 4.69) is 25.9 Å². The van der Waals surface area contributed by atoms with Crippen LogP contribution in [0.4, 0.5) is 0 Å². The fraction of sp³-hybridized carbons (Fsp3) is 0.467. The van der Waals surface area contributed by atoms with Crippen molar-refractivity contribution >= 4 is 18.3 Å². The SMILES string of the molecule is CC(NC(=O)c1cn(C2CCNCC2)nn1)c1cccnc1.Cl. The van der Waals surface area contributed by atoms with Gasteiger partial charge in [0, 0.05) is 12.4 Å². The smallest absolute Gasteiger partial charge is 0.273 e.